The fourth-order valence-electron chi connectivity index (χ4n) is 4.53. The predicted octanol–water partition coefficient (Wildman–Crippen LogP) is 3.95. The summed E-state index contributed by atoms with van der Waals surface area (Å²) in [5.41, 5.74) is 6.77. The van der Waals surface area contributed by atoms with E-state index in [9.17, 15) is 9.59 Å². The van der Waals surface area contributed by atoms with E-state index in [1.54, 1.807) is 19.1 Å². The number of nitrogens with zero attached hydrogens (tertiary/aromatic N) is 1. The largest absolute Gasteiger partial charge is 0.492 e. The average molecular weight is 449 g/mol. The summed E-state index contributed by atoms with van der Waals surface area (Å²) < 4.78 is 11.4. The zero-order valence-corrected chi connectivity index (χ0v) is 19.4. The van der Waals surface area contributed by atoms with Crippen molar-refractivity contribution in [2.45, 2.75) is 44.9 Å². The number of aryl methyl sites for hydroxylation is 1. The standard InChI is InChI=1S/C27H32N2O4/c1-19-6-11-24-21(16-19)17-23(25(30)33-24)27(2,26(28)31)18-20-7-9-22(10-8-20)32-15-14-29-12-4-3-5-13-29/h6-11,16-17H,3-5,12-15,18H2,1-2H3,(H2,28,31). The maximum absolute atomic E-state index is 12.8. The molecule has 2 heterocycles. The molecule has 6 heteroatoms. The van der Waals surface area contributed by atoms with Gasteiger partial charge >= 0.3 is 5.63 Å². The van der Waals surface area contributed by atoms with Crippen LogP contribution in [0.15, 0.2) is 57.7 Å². The summed E-state index contributed by atoms with van der Waals surface area (Å²) in [6, 6.07) is 15.0. The molecule has 1 aliphatic rings. The molecular weight excluding hydrogens is 416 g/mol. The molecule has 0 saturated carbocycles. The number of ether oxygens (including phenoxy) is 1. The lowest BCUT2D eigenvalue weighted by Crippen LogP contribution is -2.43. The molecule has 0 spiro atoms. The number of amides is 1. The fraction of sp³-hybridized carbons (Fsp3) is 0.407. The molecule has 1 unspecified atom stereocenters. The Morgan fingerprint density at radius 3 is 2.52 bits per heavy atom. The summed E-state index contributed by atoms with van der Waals surface area (Å²) in [4.78, 5) is 27.8. The van der Waals surface area contributed by atoms with Gasteiger partial charge in [0.1, 0.15) is 17.9 Å². The van der Waals surface area contributed by atoms with E-state index in [1.807, 2.05) is 43.3 Å². The van der Waals surface area contributed by atoms with Gasteiger partial charge in [0, 0.05) is 11.9 Å². The highest BCUT2D eigenvalue weighted by Crippen LogP contribution is 2.29. The minimum Gasteiger partial charge on any atom is -0.492 e. The van der Waals surface area contributed by atoms with Gasteiger partial charge in [0.25, 0.3) is 0 Å². The van der Waals surface area contributed by atoms with Crippen molar-refractivity contribution in [3.8, 4) is 5.75 Å². The molecule has 174 valence electrons. The van der Waals surface area contributed by atoms with Crippen LogP contribution in [-0.4, -0.2) is 37.0 Å². The molecule has 1 amide bonds. The number of hydrogen-bond acceptors (Lipinski definition) is 5. The third kappa shape index (κ3) is 5.28. The second-order valence-corrected chi connectivity index (χ2v) is 9.26. The minimum absolute atomic E-state index is 0.273. The van der Waals surface area contributed by atoms with Crippen molar-refractivity contribution in [3.63, 3.8) is 0 Å². The molecule has 6 nitrogen and oxygen atoms in total. The molecule has 1 aliphatic heterocycles. The average Bonchev–Trinajstić information content (AvgIpc) is 2.80. The van der Waals surface area contributed by atoms with E-state index in [2.05, 4.69) is 4.90 Å². The Morgan fingerprint density at radius 1 is 1.09 bits per heavy atom. The van der Waals surface area contributed by atoms with Crippen LogP contribution < -0.4 is 16.1 Å². The summed E-state index contributed by atoms with van der Waals surface area (Å²) in [5.74, 6) is 0.223. The van der Waals surface area contributed by atoms with Crippen molar-refractivity contribution in [2.75, 3.05) is 26.2 Å². The van der Waals surface area contributed by atoms with Gasteiger partial charge in [-0.25, -0.2) is 4.79 Å². The number of carbonyl (C=O) groups excluding carboxylic acids is 1. The van der Waals surface area contributed by atoms with E-state index in [0.717, 1.165) is 41.9 Å². The molecule has 1 saturated heterocycles. The molecule has 2 aromatic carbocycles. The first kappa shape index (κ1) is 23.1. The van der Waals surface area contributed by atoms with Crippen LogP contribution in [0.1, 0.15) is 42.9 Å². The van der Waals surface area contributed by atoms with Crippen molar-refractivity contribution >= 4 is 16.9 Å². The Morgan fingerprint density at radius 2 is 1.82 bits per heavy atom. The smallest absolute Gasteiger partial charge is 0.340 e. The van der Waals surface area contributed by atoms with E-state index in [1.165, 1.54) is 19.3 Å². The van der Waals surface area contributed by atoms with Crippen LogP contribution >= 0.6 is 0 Å². The number of fused-ring (bicyclic) bond motifs is 1. The molecule has 33 heavy (non-hydrogen) atoms. The van der Waals surface area contributed by atoms with Gasteiger partial charge in [0.05, 0.1) is 11.0 Å². The van der Waals surface area contributed by atoms with Crippen molar-refractivity contribution in [3.05, 3.63) is 75.6 Å². The highest BCUT2D eigenvalue weighted by Gasteiger charge is 2.37. The van der Waals surface area contributed by atoms with E-state index in [-0.39, 0.29) is 5.56 Å². The van der Waals surface area contributed by atoms with E-state index < -0.39 is 16.9 Å². The topological polar surface area (TPSA) is 85.8 Å². The number of benzene rings is 2. The maximum atomic E-state index is 12.8. The van der Waals surface area contributed by atoms with Gasteiger partial charge in [-0.05, 0) is 82.1 Å². The fourth-order valence-corrected chi connectivity index (χ4v) is 4.53. The van der Waals surface area contributed by atoms with E-state index in [0.29, 0.717) is 18.6 Å². The molecule has 0 radical (unpaired) electrons. The molecule has 1 atom stereocenters. The van der Waals surface area contributed by atoms with Crippen LogP contribution in [-0.2, 0) is 16.6 Å². The summed E-state index contributed by atoms with van der Waals surface area (Å²) in [5, 5.41) is 0.773. The van der Waals surface area contributed by atoms with Gasteiger partial charge < -0.3 is 14.9 Å². The van der Waals surface area contributed by atoms with Crippen molar-refractivity contribution in [1.29, 1.82) is 0 Å². The van der Waals surface area contributed by atoms with Crippen LogP contribution in [0.25, 0.3) is 11.0 Å². The Hall–Kier alpha value is -3.12. The summed E-state index contributed by atoms with van der Waals surface area (Å²) in [6.45, 7) is 7.54. The van der Waals surface area contributed by atoms with E-state index in [4.69, 9.17) is 14.9 Å². The quantitative estimate of drug-likeness (QED) is 0.528. The van der Waals surface area contributed by atoms with Crippen LogP contribution in [0, 0.1) is 6.92 Å². The predicted molar refractivity (Wildman–Crippen MR) is 130 cm³/mol. The van der Waals surface area contributed by atoms with Gasteiger partial charge in [-0.1, -0.05) is 30.2 Å². The number of nitrogens with two attached hydrogens (primary N) is 1. The summed E-state index contributed by atoms with van der Waals surface area (Å²) >= 11 is 0. The molecule has 1 fully saturated rings. The SMILES string of the molecule is Cc1ccc2oc(=O)c(C(C)(Cc3ccc(OCCN4CCCCC4)cc3)C(N)=O)cc2c1. The third-order valence-corrected chi connectivity index (χ3v) is 6.63. The number of rotatable bonds is 8. The van der Waals surface area contributed by atoms with Crippen molar-refractivity contribution in [1.82, 2.24) is 4.90 Å². The summed E-state index contributed by atoms with van der Waals surface area (Å²) in [7, 11) is 0. The zero-order valence-electron chi connectivity index (χ0n) is 19.4. The van der Waals surface area contributed by atoms with Crippen LogP contribution in [0.5, 0.6) is 5.75 Å². The normalized spacial score (nSPS) is 16.4. The van der Waals surface area contributed by atoms with Gasteiger partial charge in [0.2, 0.25) is 5.91 Å². The lowest BCUT2D eigenvalue weighted by atomic mass is 9.77. The van der Waals surface area contributed by atoms with Crippen molar-refractivity contribution in [2.24, 2.45) is 5.73 Å². The van der Waals surface area contributed by atoms with E-state index >= 15 is 0 Å². The summed E-state index contributed by atoms with van der Waals surface area (Å²) in [6.07, 6.45) is 4.15. The lowest BCUT2D eigenvalue weighted by molar-refractivity contribution is -0.123. The van der Waals surface area contributed by atoms with Crippen LogP contribution in [0.4, 0.5) is 0 Å². The van der Waals surface area contributed by atoms with Gasteiger partial charge in [-0.3, -0.25) is 9.69 Å². The molecule has 4 rings (SSSR count). The first-order valence-electron chi connectivity index (χ1n) is 11.6. The van der Waals surface area contributed by atoms with Gasteiger partial charge in [-0.2, -0.15) is 0 Å². The second kappa shape index (κ2) is 9.79. The van der Waals surface area contributed by atoms with Crippen LogP contribution in [0.2, 0.25) is 0 Å². The Kier molecular flexibility index (Phi) is 6.84. The second-order valence-electron chi connectivity index (χ2n) is 9.26. The maximum Gasteiger partial charge on any atom is 0.340 e. The Bertz CT molecular complexity index is 1180. The number of piperidine rings is 1. The zero-order chi connectivity index (χ0) is 23.4. The number of primary amides is 1. The van der Waals surface area contributed by atoms with Crippen LogP contribution in [0.3, 0.4) is 0 Å². The first-order valence-corrected chi connectivity index (χ1v) is 11.6. The number of likely N-dealkylation sites (tertiary alicyclic amines) is 1. The Balaban J connectivity index is 1.49. The number of carbonyl (C=O) groups is 1. The molecule has 1 aromatic heterocycles. The third-order valence-electron chi connectivity index (χ3n) is 6.63. The molecule has 0 aliphatic carbocycles. The Labute approximate surface area is 194 Å². The molecular formula is C27H32N2O4. The highest BCUT2D eigenvalue weighted by atomic mass is 16.5. The van der Waals surface area contributed by atoms with Gasteiger partial charge in [0.15, 0.2) is 0 Å². The minimum atomic E-state index is -1.20. The van der Waals surface area contributed by atoms with Gasteiger partial charge in [-0.15, -0.1) is 0 Å². The molecule has 3 aromatic rings. The van der Waals surface area contributed by atoms with Crippen molar-refractivity contribution < 1.29 is 13.9 Å². The molecule has 2 N–H and O–H groups in total. The highest BCUT2D eigenvalue weighted by molar-refractivity contribution is 5.88. The molecule has 0 bridgehead atoms. The number of hydrogen-bond donors (Lipinski definition) is 1. The lowest BCUT2D eigenvalue weighted by Gasteiger charge is -2.26. The monoisotopic (exact) mass is 448 g/mol. The first-order chi connectivity index (χ1) is 15.8.